The fourth-order valence-corrected chi connectivity index (χ4v) is 2.63. The van der Waals surface area contributed by atoms with Gasteiger partial charge < -0.3 is 14.4 Å². The number of carbonyl (C=O) groups is 1. The molecule has 0 fully saturated rings. The molecule has 0 atom stereocenters. The van der Waals surface area contributed by atoms with E-state index in [4.69, 9.17) is 10.00 Å². The molecule has 1 N–H and O–H groups in total. The summed E-state index contributed by atoms with van der Waals surface area (Å²) < 4.78 is 6.16. The highest BCUT2D eigenvalue weighted by Gasteiger charge is 2.20. The maximum absolute atomic E-state index is 11.5. The third-order valence-electron chi connectivity index (χ3n) is 3.93. The third kappa shape index (κ3) is 9.75. The molecule has 0 spiro atoms. The molecule has 32 heavy (non-hydrogen) atoms. The maximum Gasteiger partial charge on any atom is 0.353 e. The first kappa shape index (κ1) is 28.1. The summed E-state index contributed by atoms with van der Waals surface area (Å²) in [4.78, 5) is 11.5. The van der Waals surface area contributed by atoms with Crippen molar-refractivity contribution in [1.29, 1.82) is 10.5 Å². The average molecular weight is 434 g/mol. The Hall–Kier alpha value is -3.87. The molecule has 0 radical (unpaired) electrons. The van der Waals surface area contributed by atoms with Crippen LogP contribution in [-0.4, -0.2) is 29.4 Å². The predicted molar refractivity (Wildman–Crippen MR) is 129 cm³/mol. The van der Waals surface area contributed by atoms with Gasteiger partial charge in [0.05, 0.1) is 11.6 Å². The molecule has 0 aliphatic heterocycles. The topological polar surface area (TPSA) is 99.0 Å². The number of aromatic nitrogens is 1. The number of methoxy groups -OCH3 is 1. The van der Waals surface area contributed by atoms with Crippen LogP contribution < -0.4 is 0 Å². The van der Waals surface area contributed by atoms with Crippen molar-refractivity contribution in [3.8, 4) is 23.3 Å². The van der Waals surface area contributed by atoms with E-state index in [-0.39, 0.29) is 5.69 Å². The summed E-state index contributed by atoms with van der Waals surface area (Å²) in [7, 11) is 3.34. The van der Waals surface area contributed by atoms with Crippen LogP contribution in [0.5, 0.6) is 0 Å². The van der Waals surface area contributed by atoms with Crippen LogP contribution in [0.25, 0.3) is 17.2 Å². The number of nitriles is 2. The minimum atomic E-state index is -1.05. The Balaban J connectivity index is 0.00000104. The standard InChI is InChI=1S/C20H18N2O2.C4H10O.C2H3N/c1-3-4-5-6-7-8-15-9-11-16(12-10-15)18-17(13-21)14-22(2)19(18)20(23)24;1-3-4-5-2;1-2-3/h3-12,14H,1-2H3,(H,23,24);3-4H2,1-2H3;1H3/b4-3-,6-5-,8-7+;;. The van der Waals surface area contributed by atoms with Gasteiger partial charge in [-0.3, -0.25) is 0 Å². The summed E-state index contributed by atoms with van der Waals surface area (Å²) >= 11 is 0. The number of hydrogen-bond donors (Lipinski definition) is 1. The van der Waals surface area contributed by atoms with Gasteiger partial charge in [-0.05, 0) is 24.5 Å². The van der Waals surface area contributed by atoms with Crippen LogP contribution in [0, 0.1) is 22.7 Å². The van der Waals surface area contributed by atoms with Gasteiger partial charge in [0, 0.05) is 39.4 Å². The molecule has 2 rings (SSSR count). The Morgan fingerprint density at radius 1 is 1.16 bits per heavy atom. The highest BCUT2D eigenvalue weighted by atomic mass is 16.5. The molecule has 0 saturated heterocycles. The number of rotatable bonds is 7. The Kier molecular flexibility index (Phi) is 14.8. The number of ether oxygens (including phenoxy) is 1. The SMILES string of the molecule is CC#N.CCCOC.C\C=C/C=C\C=C\c1ccc(-c2c(C#N)cn(C)c2C(=O)O)cc1. The Bertz CT molecular complexity index is 997. The monoisotopic (exact) mass is 433 g/mol. The van der Waals surface area contributed by atoms with Crippen molar-refractivity contribution in [2.24, 2.45) is 7.05 Å². The largest absolute Gasteiger partial charge is 0.477 e. The summed E-state index contributed by atoms with van der Waals surface area (Å²) in [6.45, 7) is 6.36. The predicted octanol–water partition coefficient (Wildman–Crippen LogP) is 5.98. The van der Waals surface area contributed by atoms with Gasteiger partial charge in [-0.25, -0.2) is 4.79 Å². The number of carboxylic acids is 1. The van der Waals surface area contributed by atoms with Crippen LogP contribution in [0.4, 0.5) is 0 Å². The molecule has 1 heterocycles. The van der Waals surface area contributed by atoms with Crippen molar-refractivity contribution in [2.75, 3.05) is 13.7 Å². The third-order valence-corrected chi connectivity index (χ3v) is 3.93. The van der Waals surface area contributed by atoms with E-state index in [1.54, 1.807) is 26.4 Å². The minimum absolute atomic E-state index is 0.115. The molecular formula is C26H31N3O3. The fourth-order valence-electron chi connectivity index (χ4n) is 2.63. The van der Waals surface area contributed by atoms with E-state index in [1.807, 2.05) is 67.6 Å². The lowest BCUT2D eigenvalue weighted by Crippen LogP contribution is -2.05. The van der Waals surface area contributed by atoms with Crippen LogP contribution >= 0.6 is 0 Å². The molecule has 0 unspecified atom stereocenters. The van der Waals surface area contributed by atoms with Crippen molar-refractivity contribution in [3.63, 3.8) is 0 Å². The van der Waals surface area contributed by atoms with Crippen LogP contribution in [0.15, 0.2) is 60.8 Å². The summed E-state index contributed by atoms with van der Waals surface area (Å²) in [5.74, 6) is -1.05. The molecule has 1 aromatic heterocycles. The molecule has 0 bridgehead atoms. The zero-order valence-corrected chi connectivity index (χ0v) is 19.4. The molecule has 0 saturated carbocycles. The van der Waals surface area contributed by atoms with E-state index < -0.39 is 5.97 Å². The lowest BCUT2D eigenvalue weighted by Gasteiger charge is -2.04. The van der Waals surface area contributed by atoms with E-state index >= 15 is 0 Å². The number of carboxylic acid groups (broad SMARTS) is 1. The van der Waals surface area contributed by atoms with Gasteiger partial charge in [0.2, 0.25) is 0 Å². The second-order valence-electron chi connectivity index (χ2n) is 6.40. The molecule has 1 aromatic carbocycles. The van der Waals surface area contributed by atoms with Crippen molar-refractivity contribution >= 4 is 12.0 Å². The van der Waals surface area contributed by atoms with Crippen molar-refractivity contribution in [3.05, 3.63) is 77.7 Å². The molecule has 0 aliphatic rings. The fraction of sp³-hybridized carbons (Fsp3) is 0.269. The van der Waals surface area contributed by atoms with Crippen LogP contribution in [0.1, 0.15) is 48.8 Å². The number of aromatic carboxylic acids is 1. The van der Waals surface area contributed by atoms with E-state index in [0.717, 1.165) is 18.6 Å². The molecule has 2 aromatic rings. The normalized spacial score (nSPS) is 10.2. The smallest absolute Gasteiger partial charge is 0.353 e. The van der Waals surface area contributed by atoms with E-state index in [0.29, 0.717) is 16.7 Å². The van der Waals surface area contributed by atoms with Gasteiger partial charge in [0.15, 0.2) is 0 Å². The average Bonchev–Trinajstić information content (AvgIpc) is 3.12. The Morgan fingerprint density at radius 2 is 1.75 bits per heavy atom. The lowest BCUT2D eigenvalue weighted by atomic mass is 10.0. The second-order valence-corrected chi connectivity index (χ2v) is 6.40. The Labute approximate surface area is 191 Å². The first-order chi connectivity index (χ1) is 15.4. The molecule has 6 heteroatoms. The molecule has 0 amide bonds. The summed E-state index contributed by atoms with van der Waals surface area (Å²) in [6.07, 6.45) is 14.3. The molecular weight excluding hydrogens is 402 g/mol. The number of aryl methyl sites for hydroxylation is 1. The highest BCUT2D eigenvalue weighted by Crippen LogP contribution is 2.29. The van der Waals surface area contributed by atoms with E-state index in [9.17, 15) is 15.2 Å². The zero-order chi connectivity index (χ0) is 24.4. The molecule has 168 valence electrons. The number of benzene rings is 1. The van der Waals surface area contributed by atoms with Gasteiger partial charge >= 0.3 is 5.97 Å². The molecule has 6 nitrogen and oxygen atoms in total. The van der Waals surface area contributed by atoms with E-state index in [2.05, 4.69) is 13.0 Å². The number of nitrogens with zero attached hydrogens (tertiary/aromatic N) is 3. The first-order valence-electron chi connectivity index (χ1n) is 10.1. The quantitative estimate of drug-likeness (QED) is 0.542. The van der Waals surface area contributed by atoms with Gasteiger partial charge in [-0.2, -0.15) is 10.5 Å². The Morgan fingerprint density at radius 3 is 2.19 bits per heavy atom. The highest BCUT2D eigenvalue weighted by molar-refractivity contribution is 5.96. The summed E-state index contributed by atoms with van der Waals surface area (Å²) in [5, 5.41) is 26.0. The lowest BCUT2D eigenvalue weighted by molar-refractivity contribution is 0.0687. The van der Waals surface area contributed by atoms with Crippen molar-refractivity contribution in [1.82, 2.24) is 4.57 Å². The molecule has 0 aliphatic carbocycles. The van der Waals surface area contributed by atoms with Crippen molar-refractivity contribution < 1.29 is 14.6 Å². The maximum atomic E-state index is 11.5. The van der Waals surface area contributed by atoms with Gasteiger partial charge in [-0.1, -0.05) is 67.6 Å². The number of hydrogen-bond acceptors (Lipinski definition) is 4. The summed E-state index contributed by atoms with van der Waals surface area (Å²) in [5.41, 5.74) is 2.63. The summed E-state index contributed by atoms with van der Waals surface area (Å²) in [6, 6.07) is 11.3. The zero-order valence-electron chi connectivity index (χ0n) is 19.4. The first-order valence-corrected chi connectivity index (χ1v) is 10.1. The van der Waals surface area contributed by atoms with Crippen LogP contribution in [0.2, 0.25) is 0 Å². The van der Waals surface area contributed by atoms with Gasteiger partial charge in [0.1, 0.15) is 11.8 Å². The van der Waals surface area contributed by atoms with Crippen molar-refractivity contribution in [2.45, 2.75) is 27.2 Å². The van der Waals surface area contributed by atoms with Gasteiger partial charge in [-0.15, -0.1) is 0 Å². The second kappa shape index (κ2) is 16.9. The minimum Gasteiger partial charge on any atom is -0.477 e. The van der Waals surface area contributed by atoms with Gasteiger partial charge in [0.25, 0.3) is 0 Å². The number of allylic oxidation sites excluding steroid dienone is 5. The van der Waals surface area contributed by atoms with Crippen LogP contribution in [0.3, 0.4) is 0 Å². The van der Waals surface area contributed by atoms with Crippen LogP contribution in [-0.2, 0) is 11.8 Å². The van der Waals surface area contributed by atoms with E-state index in [1.165, 1.54) is 11.5 Å².